The molecule has 0 bridgehead atoms. The Balaban J connectivity index is -0.000000555. The molecule has 21 heteroatoms. The van der Waals surface area contributed by atoms with Crippen molar-refractivity contribution < 1.29 is 58.1 Å². The second-order valence-electron chi connectivity index (χ2n) is 14.6. The summed E-state index contributed by atoms with van der Waals surface area (Å²) in [6.07, 6.45) is 1.17. The minimum Gasteiger partial charge on any atom is -0.481 e. The second-order valence-corrected chi connectivity index (χ2v) is 14.6. The quantitative estimate of drug-likeness (QED) is 0.0382. The number of aliphatic carboxylic acids is 1. The Labute approximate surface area is 356 Å². The maximum atomic E-state index is 12.6. The van der Waals surface area contributed by atoms with Crippen LogP contribution in [-0.4, -0.2) is 152 Å². The number of likely N-dealkylation sites (N-methyl/N-ethyl adjacent to an activating group) is 1. The summed E-state index contributed by atoms with van der Waals surface area (Å²) in [6.45, 7) is 22.2. The Kier molecular flexibility index (Phi) is 38.2. The van der Waals surface area contributed by atoms with Gasteiger partial charge in [-0.1, -0.05) is 41.5 Å². The predicted molar refractivity (Wildman–Crippen MR) is 227 cm³/mol. The van der Waals surface area contributed by atoms with Crippen molar-refractivity contribution >= 4 is 53.7 Å². The Hall–Kier alpha value is -4.89. The van der Waals surface area contributed by atoms with Crippen LogP contribution < -0.4 is 42.5 Å². The van der Waals surface area contributed by atoms with Crippen LogP contribution in [0.15, 0.2) is 0 Å². The first-order chi connectivity index (χ1) is 27.9. The van der Waals surface area contributed by atoms with E-state index in [9.17, 15) is 48.3 Å². The number of aliphatic hydroxyl groups is 1. The smallest absolute Gasteiger partial charge is 0.303 e. The molecule has 3 unspecified atom stereocenters. The minimum absolute atomic E-state index is 0.0369. The van der Waals surface area contributed by atoms with Crippen molar-refractivity contribution in [2.24, 2.45) is 5.92 Å². The van der Waals surface area contributed by atoms with Crippen molar-refractivity contribution in [3.05, 3.63) is 0 Å². The van der Waals surface area contributed by atoms with E-state index in [-0.39, 0.29) is 70.2 Å². The summed E-state index contributed by atoms with van der Waals surface area (Å²) >= 11 is 0. The van der Waals surface area contributed by atoms with Crippen molar-refractivity contribution in [1.82, 2.24) is 47.4 Å². The number of hydrogen-bond acceptors (Lipinski definition) is 12. The molecule has 3 atom stereocenters. The second kappa shape index (κ2) is 37.1. The number of aliphatic hydroxyl groups excluding tert-OH is 1. The van der Waals surface area contributed by atoms with Crippen LogP contribution in [0.4, 0.5) is 0 Å². The summed E-state index contributed by atoms with van der Waals surface area (Å²) < 4.78 is 5.64. The molecule has 0 aromatic carbocycles. The van der Waals surface area contributed by atoms with Crippen molar-refractivity contribution in [2.75, 3.05) is 53.0 Å². The molecule has 1 aliphatic heterocycles. The highest BCUT2D eigenvalue weighted by Crippen LogP contribution is 2.17. The number of nitrogens with zero attached hydrogens (tertiary/aromatic N) is 1. The average molecular weight is 864 g/mol. The van der Waals surface area contributed by atoms with E-state index < -0.39 is 59.3 Å². The fourth-order valence-electron chi connectivity index (χ4n) is 4.07. The zero-order valence-electron chi connectivity index (χ0n) is 38.2. The Bertz CT molecular complexity index is 1280. The van der Waals surface area contributed by atoms with Gasteiger partial charge >= 0.3 is 5.97 Å². The number of carbonyl (C=O) groups excluding carboxylic acids is 8. The van der Waals surface area contributed by atoms with Crippen LogP contribution in [-0.2, 0) is 47.9 Å². The first-order valence-corrected chi connectivity index (χ1v) is 20.2. The first-order valence-electron chi connectivity index (χ1n) is 20.2. The van der Waals surface area contributed by atoms with Gasteiger partial charge in [-0.05, 0) is 60.3 Å². The highest BCUT2D eigenvalue weighted by Gasteiger charge is 2.34. The van der Waals surface area contributed by atoms with Gasteiger partial charge in [-0.15, -0.1) is 0 Å². The predicted octanol–water partition coefficient (Wildman–Crippen LogP) is -0.884. The largest absolute Gasteiger partial charge is 0.481 e. The van der Waals surface area contributed by atoms with E-state index in [4.69, 9.17) is 9.84 Å². The van der Waals surface area contributed by atoms with Gasteiger partial charge < -0.3 is 57.1 Å². The van der Waals surface area contributed by atoms with Gasteiger partial charge in [-0.3, -0.25) is 48.5 Å². The lowest BCUT2D eigenvalue weighted by atomic mass is 10.0. The van der Waals surface area contributed by atoms with Crippen molar-refractivity contribution in [3.8, 4) is 0 Å². The van der Waals surface area contributed by atoms with Gasteiger partial charge in [0.15, 0.2) is 0 Å². The molecular formula is C39H77N9O12. The van der Waals surface area contributed by atoms with E-state index in [2.05, 4.69) is 63.3 Å². The number of carboxylic acid groups (broad SMARTS) is 1. The molecule has 1 rings (SSSR count). The standard InChI is InChI=1S/C24H44N6O7.C6H11N3O3.C4H10.C3H6O2.C2H6/c1-15(2)28-19(32)10-24(5,6)37-14-25-11-20(33)26-13-22(35)30-9-7-8-18(30)23(36)27-12-21(34)29-16(3)17(4)31;1-7-5(11)3-9-6(12)2-8-4-10;1-4(2)3;1-2-3(4)5;1-2/h15-18,25,31H,7-14H2,1-6H3,(H,26,33)(H,27,36)(H,28,32)(H,29,34);4H,2-3H2,1H3,(H,7,11)(H,8,10)(H,9,12);4H,1-3H3;2H2,1H3,(H,4,5);1-2H3. The lowest BCUT2D eigenvalue weighted by Crippen LogP contribution is -2.51. The van der Waals surface area contributed by atoms with Crippen LogP contribution in [0, 0.1) is 5.92 Å². The average Bonchev–Trinajstić information content (AvgIpc) is 3.67. The zero-order chi connectivity index (χ0) is 47.4. The number of ether oxygens (including phenoxy) is 1. The normalized spacial score (nSPS) is 13.6. The number of rotatable bonds is 21. The van der Waals surface area contributed by atoms with Crippen molar-refractivity contribution in [2.45, 2.75) is 139 Å². The van der Waals surface area contributed by atoms with E-state index in [0.717, 1.165) is 5.92 Å². The maximum absolute atomic E-state index is 12.6. The third-order valence-electron chi connectivity index (χ3n) is 7.11. The van der Waals surface area contributed by atoms with Gasteiger partial charge in [0.25, 0.3) is 0 Å². The molecule has 1 saturated heterocycles. The number of carbonyl (C=O) groups is 9. The topological polar surface area (TPSA) is 303 Å². The molecule has 10 N–H and O–H groups in total. The summed E-state index contributed by atoms with van der Waals surface area (Å²) in [5.41, 5.74) is -0.722. The number of carboxylic acids is 1. The van der Waals surface area contributed by atoms with Crippen LogP contribution in [0.2, 0.25) is 0 Å². The molecule has 0 aliphatic carbocycles. The molecule has 8 amide bonds. The van der Waals surface area contributed by atoms with E-state index in [1.165, 1.54) is 11.9 Å². The number of amides is 8. The van der Waals surface area contributed by atoms with Crippen molar-refractivity contribution in [1.29, 1.82) is 0 Å². The maximum Gasteiger partial charge on any atom is 0.303 e. The van der Waals surface area contributed by atoms with Crippen LogP contribution >= 0.6 is 0 Å². The molecule has 0 aromatic rings. The monoisotopic (exact) mass is 864 g/mol. The molecule has 1 fully saturated rings. The molecule has 1 aliphatic rings. The number of hydrogen-bond donors (Lipinski definition) is 10. The van der Waals surface area contributed by atoms with Crippen LogP contribution in [0.1, 0.15) is 109 Å². The molecule has 60 heavy (non-hydrogen) atoms. The molecule has 21 nitrogen and oxygen atoms in total. The molecule has 0 saturated carbocycles. The fraction of sp³-hybridized carbons (Fsp3) is 0.769. The summed E-state index contributed by atoms with van der Waals surface area (Å²) in [6, 6.07) is -1.13. The Morgan fingerprint density at radius 1 is 0.783 bits per heavy atom. The number of nitrogens with one attached hydrogen (secondary N) is 8. The third kappa shape index (κ3) is 38.6. The van der Waals surface area contributed by atoms with Crippen molar-refractivity contribution in [3.63, 3.8) is 0 Å². The minimum atomic E-state index is -0.745. The van der Waals surface area contributed by atoms with Crippen LogP contribution in [0.3, 0.4) is 0 Å². The van der Waals surface area contributed by atoms with E-state index in [0.29, 0.717) is 25.8 Å². The highest BCUT2D eigenvalue weighted by molar-refractivity contribution is 5.92. The Morgan fingerprint density at radius 2 is 1.30 bits per heavy atom. The van der Waals surface area contributed by atoms with Gasteiger partial charge in [0, 0.05) is 26.1 Å². The molecule has 350 valence electrons. The molecule has 0 aromatic heterocycles. The lowest BCUT2D eigenvalue weighted by Gasteiger charge is -2.25. The molecule has 0 radical (unpaired) electrons. The highest BCUT2D eigenvalue weighted by atomic mass is 16.5. The summed E-state index contributed by atoms with van der Waals surface area (Å²) in [5.74, 6) is -2.42. The molecule has 0 spiro atoms. The first kappa shape index (κ1) is 61.8. The van der Waals surface area contributed by atoms with E-state index >= 15 is 0 Å². The van der Waals surface area contributed by atoms with Gasteiger partial charge in [-0.25, -0.2) is 0 Å². The third-order valence-corrected chi connectivity index (χ3v) is 7.11. The van der Waals surface area contributed by atoms with Gasteiger partial charge in [-0.2, -0.15) is 0 Å². The van der Waals surface area contributed by atoms with Gasteiger partial charge in [0.1, 0.15) is 6.04 Å². The van der Waals surface area contributed by atoms with Crippen LogP contribution in [0.5, 0.6) is 0 Å². The summed E-state index contributed by atoms with van der Waals surface area (Å²) in [7, 11) is 1.47. The Morgan fingerprint density at radius 3 is 1.78 bits per heavy atom. The van der Waals surface area contributed by atoms with E-state index in [1.807, 2.05) is 27.7 Å². The zero-order valence-corrected chi connectivity index (χ0v) is 38.2. The number of likely N-dealkylation sites (tertiary alicyclic amines) is 1. The van der Waals surface area contributed by atoms with Crippen LogP contribution in [0.25, 0.3) is 0 Å². The SMILES string of the molecule is CC.CC(C)C.CC(C)NC(=O)CC(C)(C)OCNCC(=O)NCC(=O)N1CCCC1C(=O)NCC(=O)NC(C)C(C)O.CCC(=O)O.CNC(=O)CNC(=O)CNC=O. The summed E-state index contributed by atoms with van der Waals surface area (Å²) in [4.78, 5) is 103. The summed E-state index contributed by atoms with van der Waals surface area (Å²) in [5, 5.41) is 37.2. The fourth-order valence-corrected chi connectivity index (χ4v) is 4.07. The van der Waals surface area contributed by atoms with Gasteiger partial charge in [0.2, 0.25) is 47.8 Å². The lowest BCUT2D eigenvalue weighted by molar-refractivity contribution is -0.139. The van der Waals surface area contributed by atoms with E-state index in [1.54, 1.807) is 34.6 Å². The molecular weight excluding hydrogens is 786 g/mol. The van der Waals surface area contributed by atoms with Gasteiger partial charge in [0.05, 0.1) is 63.6 Å². The molecule has 1 heterocycles.